The second-order valence-corrected chi connectivity index (χ2v) is 7.57. The van der Waals surface area contributed by atoms with E-state index in [2.05, 4.69) is 6.92 Å². The smallest absolute Gasteiger partial charge is 0.434 e. The minimum Gasteiger partial charge on any atom is -0.434 e. The quantitative estimate of drug-likeness (QED) is 0.233. The van der Waals surface area contributed by atoms with Gasteiger partial charge >= 0.3 is 6.16 Å². The number of methoxy groups -OCH3 is 3. The zero-order valence-corrected chi connectivity index (χ0v) is 17.9. The predicted molar refractivity (Wildman–Crippen MR) is 102 cm³/mol. The van der Waals surface area contributed by atoms with Crippen molar-refractivity contribution in [2.45, 2.75) is 90.6 Å². The van der Waals surface area contributed by atoms with E-state index >= 15 is 0 Å². The Bertz CT molecular complexity index is 352. The molecule has 0 aromatic heterocycles. The normalized spacial score (nSPS) is 13.5. The van der Waals surface area contributed by atoms with Crippen molar-refractivity contribution < 1.29 is 28.5 Å². The average molecular weight is 377 g/mol. The fourth-order valence-electron chi connectivity index (χ4n) is 3.01. The lowest BCUT2D eigenvalue weighted by molar-refractivity contribution is -0.380. The van der Waals surface area contributed by atoms with Crippen molar-refractivity contribution in [3.63, 3.8) is 0 Å². The van der Waals surface area contributed by atoms with Crippen molar-refractivity contribution in [3.05, 3.63) is 0 Å². The van der Waals surface area contributed by atoms with Crippen LogP contribution in [0.15, 0.2) is 0 Å². The average Bonchev–Trinajstić information content (AvgIpc) is 2.58. The molecule has 6 nitrogen and oxygen atoms in total. The van der Waals surface area contributed by atoms with Gasteiger partial charge in [-0.1, -0.05) is 39.0 Å². The van der Waals surface area contributed by atoms with Gasteiger partial charge in [-0.2, -0.15) is 0 Å². The zero-order valence-electron chi connectivity index (χ0n) is 17.9. The Morgan fingerprint density at radius 3 is 1.88 bits per heavy atom. The monoisotopic (exact) mass is 376 g/mol. The van der Waals surface area contributed by atoms with Crippen molar-refractivity contribution >= 4 is 6.16 Å². The summed E-state index contributed by atoms with van der Waals surface area (Å²) in [7, 11) is 4.77. The molecule has 0 bridgehead atoms. The molecule has 0 amide bonds. The van der Waals surface area contributed by atoms with E-state index in [0.717, 1.165) is 19.3 Å². The van der Waals surface area contributed by atoms with Crippen LogP contribution in [-0.4, -0.2) is 45.7 Å². The third kappa shape index (κ3) is 10.3. The topological polar surface area (TPSA) is 63.2 Å². The number of carbonyl (C=O) groups is 1. The SMILES string of the molecule is CCCCCCCC(CCCOC(=O)OC(C)(C)C)C(OC)(OC)OC. The highest BCUT2D eigenvalue weighted by atomic mass is 16.9. The molecule has 0 saturated heterocycles. The Morgan fingerprint density at radius 1 is 0.846 bits per heavy atom. The standard InChI is InChI=1S/C20H40O6/c1-8-9-10-11-12-14-17(20(22-5,23-6)24-7)15-13-16-25-18(21)26-19(2,3)4/h17H,8-16H2,1-7H3. The molecule has 0 aliphatic carbocycles. The highest BCUT2D eigenvalue weighted by Crippen LogP contribution is 2.32. The molecule has 0 rings (SSSR count). The molecule has 1 unspecified atom stereocenters. The summed E-state index contributed by atoms with van der Waals surface area (Å²) in [5.41, 5.74) is -0.546. The van der Waals surface area contributed by atoms with Gasteiger partial charge in [0.25, 0.3) is 5.97 Å². The molecule has 26 heavy (non-hydrogen) atoms. The summed E-state index contributed by atoms with van der Waals surface area (Å²) in [4.78, 5) is 11.6. The molecular formula is C20H40O6. The second-order valence-electron chi connectivity index (χ2n) is 7.57. The molecular weight excluding hydrogens is 336 g/mol. The van der Waals surface area contributed by atoms with Crippen LogP contribution in [0.1, 0.15) is 79.1 Å². The minimum atomic E-state index is -1.06. The van der Waals surface area contributed by atoms with Gasteiger partial charge in [-0.3, -0.25) is 0 Å². The van der Waals surface area contributed by atoms with Gasteiger partial charge in [-0.05, 0) is 40.0 Å². The third-order valence-corrected chi connectivity index (χ3v) is 4.32. The summed E-state index contributed by atoms with van der Waals surface area (Å²) >= 11 is 0. The van der Waals surface area contributed by atoms with Crippen LogP contribution in [-0.2, 0) is 23.7 Å². The fourth-order valence-corrected chi connectivity index (χ4v) is 3.01. The Balaban J connectivity index is 4.49. The molecule has 6 heteroatoms. The first-order valence-electron chi connectivity index (χ1n) is 9.75. The Labute approximate surface area is 159 Å². The Hall–Kier alpha value is -0.850. The van der Waals surface area contributed by atoms with E-state index in [1.807, 2.05) is 20.8 Å². The van der Waals surface area contributed by atoms with Crippen LogP contribution in [0.3, 0.4) is 0 Å². The highest BCUT2D eigenvalue weighted by molar-refractivity contribution is 5.60. The van der Waals surface area contributed by atoms with Gasteiger partial charge in [0, 0.05) is 27.2 Å². The first-order valence-corrected chi connectivity index (χ1v) is 9.75. The second kappa shape index (κ2) is 13.3. The lowest BCUT2D eigenvalue weighted by Gasteiger charge is -2.36. The van der Waals surface area contributed by atoms with Crippen LogP contribution in [0.5, 0.6) is 0 Å². The van der Waals surface area contributed by atoms with Crippen LogP contribution >= 0.6 is 0 Å². The molecule has 0 aromatic rings. The first-order chi connectivity index (χ1) is 12.2. The molecule has 0 heterocycles. The number of rotatable bonds is 14. The molecule has 156 valence electrons. The summed E-state index contributed by atoms with van der Waals surface area (Å²) in [5.74, 6) is -0.997. The largest absolute Gasteiger partial charge is 0.508 e. The van der Waals surface area contributed by atoms with E-state index in [9.17, 15) is 4.79 Å². The van der Waals surface area contributed by atoms with Gasteiger partial charge in [-0.15, -0.1) is 0 Å². The van der Waals surface area contributed by atoms with Gasteiger partial charge in [0.2, 0.25) is 0 Å². The molecule has 0 radical (unpaired) electrons. The zero-order chi connectivity index (χ0) is 20.1. The molecule has 0 aliphatic heterocycles. The van der Waals surface area contributed by atoms with Gasteiger partial charge in [0.1, 0.15) is 5.60 Å². The van der Waals surface area contributed by atoms with Crippen molar-refractivity contribution in [3.8, 4) is 0 Å². The fraction of sp³-hybridized carbons (Fsp3) is 0.950. The van der Waals surface area contributed by atoms with Crippen molar-refractivity contribution in [1.82, 2.24) is 0 Å². The maximum absolute atomic E-state index is 11.6. The summed E-state index contributed by atoms with van der Waals surface area (Å²) in [6.45, 7) is 7.95. The van der Waals surface area contributed by atoms with E-state index in [1.54, 1.807) is 21.3 Å². The lowest BCUT2D eigenvalue weighted by atomic mass is 9.93. The van der Waals surface area contributed by atoms with Crippen LogP contribution in [0.2, 0.25) is 0 Å². The number of unbranched alkanes of at least 4 members (excludes halogenated alkanes) is 4. The van der Waals surface area contributed by atoms with E-state index in [-0.39, 0.29) is 5.92 Å². The van der Waals surface area contributed by atoms with Gasteiger partial charge in [0.05, 0.1) is 6.61 Å². The van der Waals surface area contributed by atoms with E-state index < -0.39 is 17.7 Å². The molecule has 1 atom stereocenters. The van der Waals surface area contributed by atoms with E-state index in [0.29, 0.717) is 13.0 Å². The molecule has 0 N–H and O–H groups in total. The maximum atomic E-state index is 11.6. The van der Waals surface area contributed by atoms with Crippen molar-refractivity contribution in [2.75, 3.05) is 27.9 Å². The first kappa shape index (κ1) is 25.1. The molecule has 0 spiro atoms. The third-order valence-electron chi connectivity index (χ3n) is 4.32. The van der Waals surface area contributed by atoms with Crippen LogP contribution in [0.25, 0.3) is 0 Å². The van der Waals surface area contributed by atoms with Crippen molar-refractivity contribution in [1.29, 1.82) is 0 Å². The minimum absolute atomic E-state index is 0.0614. The number of ether oxygens (including phenoxy) is 5. The lowest BCUT2D eigenvalue weighted by Crippen LogP contribution is -2.44. The molecule has 0 saturated carbocycles. The number of carbonyl (C=O) groups excluding carboxylic acids is 1. The number of hydrogen-bond donors (Lipinski definition) is 0. The molecule has 0 aromatic carbocycles. The van der Waals surface area contributed by atoms with Crippen molar-refractivity contribution in [2.24, 2.45) is 5.92 Å². The van der Waals surface area contributed by atoms with Gasteiger partial charge in [0.15, 0.2) is 0 Å². The maximum Gasteiger partial charge on any atom is 0.508 e. The summed E-state index contributed by atoms with van der Waals surface area (Å²) in [5, 5.41) is 0. The Kier molecular flexibility index (Phi) is 12.9. The summed E-state index contributed by atoms with van der Waals surface area (Å²) in [6.07, 6.45) is 7.77. The number of hydrogen-bond acceptors (Lipinski definition) is 6. The van der Waals surface area contributed by atoms with Crippen LogP contribution < -0.4 is 0 Å². The summed E-state index contributed by atoms with van der Waals surface area (Å²) < 4.78 is 26.9. The van der Waals surface area contributed by atoms with E-state index in [1.165, 1.54) is 25.7 Å². The van der Waals surface area contributed by atoms with Crippen LogP contribution in [0.4, 0.5) is 4.79 Å². The van der Waals surface area contributed by atoms with Gasteiger partial charge < -0.3 is 23.7 Å². The van der Waals surface area contributed by atoms with Gasteiger partial charge in [-0.25, -0.2) is 4.79 Å². The molecule has 0 aliphatic rings. The highest BCUT2D eigenvalue weighted by Gasteiger charge is 2.39. The predicted octanol–water partition coefficient (Wildman–Crippen LogP) is 5.29. The van der Waals surface area contributed by atoms with E-state index in [4.69, 9.17) is 23.7 Å². The Morgan fingerprint density at radius 2 is 1.38 bits per heavy atom. The summed E-state index contributed by atoms with van der Waals surface area (Å²) in [6, 6.07) is 0. The molecule has 0 fully saturated rings. The van der Waals surface area contributed by atoms with Crippen LogP contribution in [0, 0.1) is 5.92 Å².